The Balaban J connectivity index is 2.31. The molecule has 0 amide bonds. The van der Waals surface area contributed by atoms with Crippen LogP contribution < -0.4 is 5.73 Å². The van der Waals surface area contributed by atoms with Gasteiger partial charge in [0.2, 0.25) is 5.96 Å². The molecule has 0 fully saturated rings. The fourth-order valence-corrected chi connectivity index (χ4v) is 1.18. The van der Waals surface area contributed by atoms with Crippen LogP contribution in [0.25, 0.3) is 0 Å². The molecule has 0 atom stereocenters. The van der Waals surface area contributed by atoms with Crippen LogP contribution in [-0.2, 0) is 0 Å². The van der Waals surface area contributed by atoms with Crippen LogP contribution in [-0.4, -0.2) is 29.4 Å². The Morgan fingerprint density at radius 2 is 2.36 bits per heavy atom. The summed E-state index contributed by atoms with van der Waals surface area (Å²) in [7, 11) is 1.96. The molecule has 0 aromatic heterocycles. The highest BCUT2D eigenvalue weighted by Crippen LogP contribution is 2.12. The van der Waals surface area contributed by atoms with E-state index >= 15 is 0 Å². The Kier molecular flexibility index (Phi) is 1.15. The van der Waals surface area contributed by atoms with Crippen LogP contribution in [0.1, 0.15) is 0 Å². The zero-order chi connectivity index (χ0) is 7.84. The van der Waals surface area contributed by atoms with E-state index < -0.39 is 0 Å². The van der Waals surface area contributed by atoms with Crippen molar-refractivity contribution in [3.8, 4) is 0 Å². The molecule has 0 spiro atoms. The molecular formula is C7H10N4. The summed E-state index contributed by atoms with van der Waals surface area (Å²) in [5.41, 5.74) is 6.40. The molecule has 2 rings (SSSR count). The topological polar surface area (TPSA) is 44.9 Å². The third-order valence-corrected chi connectivity index (χ3v) is 1.74. The van der Waals surface area contributed by atoms with Crippen molar-refractivity contribution in [2.75, 3.05) is 13.6 Å². The predicted octanol–water partition coefficient (Wildman–Crippen LogP) is -0.125. The molecule has 0 saturated heterocycles. The first kappa shape index (κ1) is 6.27. The smallest absolute Gasteiger partial charge is 0.209 e. The Hall–Kier alpha value is -1.45. The summed E-state index contributed by atoms with van der Waals surface area (Å²) < 4.78 is 0. The fraction of sp³-hybridized carbons (Fsp3) is 0.286. The van der Waals surface area contributed by atoms with Crippen LogP contribution in [0.4, 0.5) is 0 Å². The summed E-state index contributed by atoms with van der Waals surface area (Å²) in [5.74, 6) is 0.944. The molecule has 2 aliphatic heterocycles. The summed E-state index contributed by atoms with van der Waals surface area (Å²) in [6.07, 6.45) is 5.64. The van der Waals surface area contributed by atoms with Gasteiger partial charge in [-0.15, -0.1) is 0 Å². The van der Waals surface area contributed by atoms with Crippen LogP contribution in [0, 0.1) is 0 Å². The number of fused-ring (bicyclic) bond motifs is 1. The van der Waals surface area contributed by atoms with Crippen molar-refractivity contribution in [1.29, 1.82) is 0 Å². The van der Waals surface area contributed by atoms with Gasteiger partial charge in [-0.2, -0.15) is 0 Å². The first-order valence-electron chi connectivity index (χ1n) is 3.47. The summed E-state index contributed by atoms with van der Waals surface area (Å²) in [5, 5.41) is 0. The molecule has 0 aliphatic carbocycles. The lowest BCUT2D eigenvalue weighted by Crippen LogP contribution is -2.35. The van der Waals surface area contributed by atoms with E-state index in [9.17, 15) is 0 Å². The molecular weight excluding hydrogens is 140 g/mol. The monoisotopic (exact) mass is 150 g/mol. The second-order valence-electron chi connectivity index (χ2n) is 2.67. The molecule has 0 aromatic carbocycles. The number of hydrogen-bond donors (Lipinski definition) is 1. The van der Waals surface area contributed by atoms with Gasteiger partial charge >= 0.3 is 0 Å². The van der Waals surface area contributed by atoms with Crippen molar-refractivity contribution >= 4 is 5.96 Å². The second-order valence-corrected chi connectivity index (χ2v) is 2.67. The SMILES string of the molecule is CN1C=CN2CC(N)=CN=C12. The van der Waals surface area contributed by atoms with E-state index in [2.05, 4.69) is 4.99 Å². The van der Waals surface area contributed by atoms with E-state index in [4.69, 9.17) is 5.73 Å². The van der Waals surface area contributed by atoms with Gasteiger partial charge in [0.25, 0.3) is 0 Å². The van der Waals surface area contributed by atoms with Crippen molar-refractivity contribution in [2.45, 2.75) is 0 Å². The van der Waals surface area contributed by atoms with Gasteiger partial charge < -0.3 is 15.5 Å². The third-order valence-electron chi connectivity index (χ3n) is 1.74. The zero-order valence-electron chi connectivity index (χ0n) is 6.36. The third kappa shape index (κ3) is 0.869. The van der Waals surface area contributed by atoms with E-state index in [1.807, 2.05) is 29.2 Å². The van der Waals surface area contributed by atoms with E-state index in [0.29, 0.717) is 0 Å². The molecule has 2 aliphatic rings. The summed E-state index contributed by atoms with van der Waals surface area (Å²) in [6, 6.07) is 0. The average molecular weight is 150 g/mol. The minimum atomic E-state index is 0.750. The molecule has 58 valence electrons. The highest BCUT2D eigenvalue weighted by Gasteiger charge is 2.20. The molecule has 0 bridgehead atoms. The van der Waals surface area contributed by atoms with Gasteiger partial charge in [0, 0.05) is 25.1 Å². The average Bonchev–Trinajstić information content (AvgIpc) is 2.32. The lowest BCUT2D eigenvalue weighted by atomic mass is 10.4. The molecule has 2 N–H and O–H groups in total. The highest BCUT2D eigenvalue weighted by molar-refractivity contribution is 5.85. The maximum absolute atomic E-state index is 5.60. The number of nitrogens with two attached hydrogens (primary N) is 1. The van der Waals surface area contributed by atoms with Gasteiger partial charge in [-0.3, -0.25) is 0 Å². The molecule has 4 nitrogen and oxygen atoms in total. The first-order chi connectivity index (χ1) is 5.27. The van der Waals surface area contributed by atoms with Crippen molar-refractivity contribution < 1.29 is 0 Å². The largest absolute Gasteiger partial charge is 0.399 e. The number of rotatable bonds is 0. The quantitative estimate of drug-likeness (QED) is 0.523. The normalized spacial score (nSPS) is 21.5. The van der Waals surface area contributed by atoms with Crippen LogP contribution in [0.2, 0.25) is 0 Å². The molecule has 4 heteroatoms. The van der Waals surface area contributed by atoms with Crippen LogP contribution in [0.15, 0.2) is 29.3 Å². The molecule has 0 unspecified atom stereocenters. The van der Waals surface area contributed by atoms with Crippen LogP contribution >= 0.6 is 0 Å². The fourth-order valence-electron chi connectivity index (χ4n) is 1.18. The summed E-state index contributed by atoms with van der Waals surface area (Å²) in [4.78, 5) is 8.14. The molecule has 2 heterocycles. The van der Waals surface area contributed by atoms with Crippen molar-refractivity contribution in [3.05, 3.63) is 24.3 Å². The minimum absolute atomic E-state index is 0.750. The summed E-state index contributed by atoms with van der Waals surface area (Å²) in [6.45, 7) is 0.750. The zero-order valence-corrected chi connectivity index (χ0v) is 6.36. The van der Waals surface area contributed by atoms with Crippen molar-refractivity contribution in [1.82, 2.24) is 9.80 Å². The number of nitrogens with zero attached hydrogens (tertiary/aromatic N) is 3. The molecule has 0 radical (unpaired) electrons. The lowest BCUT2D eigenvalue weighted by molar-refractivity contribution is 0.545. The summed E-state index contributed by atoms with van der Waals surface area (Å²) >= 11 is 0. The van der Waals surface area contributed by atoms with Gasteiger partial charge in [-0.1, -0.05) is 0 Å². The van der Waals surface area contributed by atoms with Crippen LogP contribution in [0.3, 0.4) is 0 Å². The maximum atomic E-state index is 5.60. The van der Waals surface area contributed by atoms with Crippen molar-refractivity contribution in [3.63, 3.8) is 0 Å². The highest BCUT2D eigenvalue weighted by atomic mass is 15.4. The Morgan fingerprint density at radius 3 is 3.18 bits per heavy atom. The molecule has 11 heavy (non-hydrogen) atoms. The molecule has 0 saturated carbocycles. The van der Waals surface area contributed by atoms with E-state index in [1.165, 1.54) is 0 Å². The van der Waals surface area contributed by atoms with E-state index in [1.54, 1.807) is 6.20 Å². The van der Waals surface area contributed by atoms with Gasteiger partial charge in [0.1, 0.15) is 0 Å². The van der Waals surface area contributed by atoms with Gasteiger partial charge in [-0.25, -0.2) is 4.99 Å². The van der Waals surface area contributed by atoms with Gasteiger partial charge in [-0.05, 0) is 0 Å². The first-order valence-corrected chi connectivity index (χ1v) is 3.47. The van der Waals surface area contributed by atoms with Gasteiger partial charge in [0.15, 0.2) is 0 Å². The Bertz CT molecular complexity index is 264. The standard InChI is InChI=1S/C7H10N4/c1-10-2-3-11-5-6(8)4-9-7(10)11/h2-4H,5,8H2,1H3. The predicted molar refractivity (Wildman–Crippen MR) is 43.3 cm³/mol. The number of guanidine groups is 1. The number of hydrogen-bond acceptors (Lipinski definition) is 4. The van der Waals surface area contributed by atoms with Crippen molar-refractivity contribution in [2.24, 2.45) is 10.7 Å². The Morgan fingerprint density at radius 1 is 1.55 bits per heavy atom. The van der Waals surface area contributed by atoms with Crippen LogP contribution in [0.5, 0.6) is 0 Å². The molecule has 0 aromatic rings. The van der Waals surface area contributed by atoms with E-state index in [0.717, 1.165) is 18.2 Å². The number of aliphatic imine (C=N–C) groups is 1. The van der Waals surface area contributed by atoms with Gasteiger partial charge in [0.05, 0.1) is 12.7 Å². The maximum Gasteiger partial charge on any atom is 0.209 e. The Labute approximate surface area is 65.3 Å². The lowest BCUT2D eigenvalue weighted by Gasteiger charge is -2.22. The minimum Gasteiger partial charge on any atom is -0.399 e. The second kappa shape index (κ2) is 2.02. The van der Waals surface area contributed by atoms with E-state index in [-0.39, 0.29) is 0 Å².